The number of fused-ring (bicyclic) bond motifs is 1. The second-order valence-corrected chi connectivity index (χ2v) is 5.41. The fourth-order valence-corrected chi connectivity index (χ4v) is 2.77. The van der Waals surface area contributed by atoms with E-state index in [2.05, 4.69) is 35.5 Å². The van der Waals surface area contributed by atoms with E-state index in [4.69, 9.17) is 4.74 Å². The molecule has 0 aliphatic carbocycles. The number of aryl methyl sites for hydroxylation is 1. The molecule has 0 amide bonds. The minimum atomic E-state index is 0.300. The van der Waals surface area contributed by atoms with Gasteiger partial charge in [0.25, 0.3) is 0 Å². The Kier molecular flexibility index (Phi) is 3.53. The van der Waals surface area contributed by atoms with Gasteiger partial charge in [0.15, 0.2) is 0 Å². The van der Waals surface area contributed by atoms with Crippen molar-refractivity contribution >= 4 is 10.9 Å². The van der Waals surface area contributed by atoms with E-state index in [1.165, 1.54) is 11.8 Å². The Bertz CT molecular complexity index is 564. The van der Waals surface area contributed by atoms with Gasteiger partial charge in [0.2, 0.25) is 0 Å². The number of piperidine rings is 1. The number of nitrogens with zero attached hydrogens (tertiary/aromatic N) is 2. The Balaban J connectivity index is 1.75. The van der Waals surface area contributed by atoms with Crippen molar-refractivity contribution in [2.45, 2.75) is 26.1 Å². The Hall–Kier alpha value is -1.39. The second-order valence-electron chi connectivity index (χ2n) is 5.41. The standard InChI is InChI=1S/C15H21N3O/c1-11-7-8-16-9-15(11)19-10-13-12-5-3-4-6-14(12)18(2)17-13/h3-6,11,15-16H,7-10H2,1-2H3. The Labute approximate surface area is 113 Å². The smallest absolute Gasteiger partial charge is 0.0960 e. The summed E-state index contributed by atoms with van der Waals surface area (Å²) in [6.07, 6.45) is 1.49. The fraction of sp³-hybridized carbons (Fsp3) is 0.533. The number of aromatic nitrogens is 2. The molecule has 4 heteroatoms. The van der Waals surface area contributed by atoms with Gasteiger partial charge in [0, 0.05) is 19.0 Å². The van der Waals surface area contributed by atoms with E-state index in [1.54, 1.807) is 0 Å². The molecule has 0 radical (unpaired) electrons. The lowest BCUT2D eigenvalue weighted by atomic mass is 9.97. The van der Waals surface area contributed by atoms with Gasteiger partial charge in [-0.2, -0.15) is 5.10 Å². The van der Waals surface area contributed by atoms with Crippen LogP contribution < -0.4 is 5.32 Å². The van der Waals surface area contributed by atoms with Crippen LogP contribution in [0.1, 0.15) is 19.0 Å². The summed E-state index contributed by atoms with van der Waals surface area (Å²) in [6.45, 7) is 4.92. The molecule has 1 fully saturated rings. The molecule has 0 bridgehead atoms. The van der Waals surface area contributed by atoms with Crippen LogP contribution in [-0.4, -0.2) is 29.0 Å². The Morgan fingerprint density at radius 3 is 3.11 bits per heavy atom. The van der Waals surface area contributed by atoms with E-state index in [1.807, 2.05) is 17.8 Å². The molecule has 19 heavy (non-hydrogen) atoms. The van der Waals surface area contributed by atoms with E-state index in [0.717, 1.165) is 24.3 Å². The molecule has 3 rings (SSSR count). The number of rotatable bonds is 3. The van der Waals surface area contributed by atoms with Crippen molar-refractivity contribution in [1.82, 2.24) is 15.1 Å². The zero-order valence-electron chi connectivity index (χ0n) is 11.6. The van der Waals surface area contributed by atoms with E-state index in [0.29, 0.717) is 18.6 Å². The highest BCUT2D eigenvalue weighted by atomic mass is 16.5. The van der Waals surface area contributed by atoms with Gasteiger partial charge in [-0.1, -0.05) is 25.1 Å². The quantitative estimate of drug-likeness (QED) is 0.917. The minimum Gasteiger partial charge on any atom is -0.370 e. The van der Waals surface area contributed by atoms with Crippen LogP contribution >= 0.6 is 0 Å². The van der Waals surface area contributed by atoms with Crippen LogP contribution in [0.2, 0.25) is 0 Å². The van der Waals surface area contributed by atoms with Gasteiger partial charge in [-0.05, 0) is 24.9 Å². The first-order valence-corrected chi connectivity index (χ1v) is 6.98. The lowest BCUT2D eigenvalue weighted by molar-refractivity contribution is -0.00766. The summed E-state index contributed by atoms with van der Waals surface area (Å²) in [4.78, 5) is 0. The molecule has 1 aromatic carbocycles. The van der Waals surface area contributed by atoms with E-state index < -0.39 is 0 Å². The van der Waals surface area contributed by atoms with Gasteiger partial charge in [-0.3, -0.25) is 4.68 Å². The van der Waals surface area contributed by atoms with E-state index >= 15 is 0 Å². The molecular formula is C15H21N3O. The molecular weight excluding hydrogens is 238 g/mol. The Morgan fingerprint density at radius 2 is 2.26 bits per heavy atom. The lowest BCUT2D eigenvalue weighted by Gasteiger charge is -2.29. The second kappa shape index (κ2) is 5.31. The van der Waals surface area contributed by atoms with Crippen molar-refractivity contribution in [2.24, 2.45) is 13.0 Å². The van der Waals surface area contributed by atoms with Gasteiger partial charge in [0.05, 0.1) is 23.9 Å². The summed E-state index contributed by atoms with van der Waals surface area (Å²) < 4.78 is 7.99. The number of benzene rings is 1. The predicted molar refractivity (Wildman–Crippen MR) is 75.9 cm³/mol. The monoisotopic (exact) mass is 259 g/mol. The molecule has 2 unspecified atom stereocenters. The maximum Gasteiger partial charge on any atom is 0.0960 e. The van der Waals surface area contributed by atoms with Crippen molar-refractivity contribution < 1.29 is 4.74 Å². The summed E-state index contributed by atoms with van der Waals surface area (Å²) in [5, 5.41) is 9.16. The molecule has 0 saturated carbocycles. The molecule has 2 atom stereocenters. The molecule has 102 valence electrons. The van der Waals surface area contributed by atoms with E-state index in [9.17, 15) is 0 Å². The third-order valence-electron chi connectivity index (χ3n) is 4.03. The zero-order chi connectivity index (χ0) is 13.2. The molecule has 4 nitrogen and oxygen atoms in total. The van der Waals surface area contributed by atoms with Crippen LogP contribution in [0.4, 0.5) is 0 Å². The van der Waals surface area contributed by atoms with Crippen LogP contribution in [0.5, 0.6) is 0 Å². The number of para-hydroxylation sites is 1. The zero-order valence-corrected chi connectivity index (χ0v) is 11.6. The van der Waals surface area contributed by atoms with Gasteiger partial charge >= 0.3 is 0 Å². The maximum atomic E-state index is 6.06. The highest BCUT2D eigenvalue weighted by molar-refractivity contribution is 5.81. The minimum absolute atomic E-state index is 0.300. The normalized spacial score (nSPS) is 23.9. The molecule has 2 aromatic rings. The molecule has 1 N–H and O–H groups in total. The molecule has 1 aromatic heterocycles. The summed E-state index contributed by atoms with van der Waals surface area (Å²) in [6, 6.07) is 8.31. The maximum absolute atomic E-state index is 6.06. The summed E-state index contributed by atoms with van der Waals surface area (Å²) in [5.74, 6) is 0.622. The predicted octanol–water partition coefficient (Wildman–Crippen LogP) is 2.09. The fourth-order valence-electron chi connectivity index (χ4n) is 2.77. The molecule has 2 heterocycles. The third kappa shape index (κ3) is 2.51. The van der Waals surface area contributed by atoms with Crippen LogP contribution in [0.25, 0.3) is 10.9 Å². The third-order valence-corrected chi connectivity index (χ3v) is 4.03. The highest BCUT2D eigenvalue weighted by Gasteiger charge is 2.22. The van der Waals surface area contributed by atoms with Crippen molar-refractivity contribution in [3.63, 3.8) is 0 Å². The largest absolute Gasteiger partial charge is 0.370 e. The highest BCUT2D eigenvalue weighted by Crippen LogP contribution is 2.21. The molecule has 1 aliphatic heterocycles. The topological polar surface area (TPSA) is 39.1 Å². The average Bonchev–Trinajstić information content (AvgIpc) is 2.75. The van der Waals surface area contributed by atoms with Gasteiger partial charge < -0.3 is 10.1 Å². The van der Waals surface area contributed by atoms with Gasteiger partial charge in [0.1, 0.15) is 0 Å². The van der Waals surface area contributed by atoms with Crippen LogP contribution in [0.15, 0.2) is 24.3 Å². The summed E-state index contributed by atoms with van der Waals surface area (Å²) >= 11 is 0. The van der Waals surface area contributed by atoms with Gasteiger partial charge in [-0.25, -0.2) is 0 Å². The average molecular weight is 259 g/mol. The summed E-state index contributed by atoms with van der Waals surface area (Å²) in [5.41, 5.74) is 2.20. The SMILES string of the molecule is CC1CCNCC1OCc1nn(C)c2ccccc12. The number of hydrogen-bond acceptors (Lipinski definition) is 3. The molecule has 1 aliphatic rings. The van der Waals surface area contributed by atoms with E-state index in [-0.39, 0.29) is 0 Å². The van der Waals surface area contributed by atoms with Crippen LogP contribution in [-0.2, 0) is 18.4 Å². The number of nitrogens with one attached hydrogen (secondary N) is 1. The molecule has 0 spiro atoms. The first kappa shape index (κ1) is 12.6. The van der Waals surface area contributed by atoms with Crippen molar-refractivity contribution in [3.05, 3.63) is 30.0 Å². The van der Waals surface area contributed by atoms with Crippen LogP contribution in [0, 0.1) is 5.92 Å². The van der Waals surface area contributed by atoms with Crippen molar-refractivity contribution in [1.29, 1.82) is 0 Å². The first-order valence-electron chi connectivity index (χ1n) is 6.98. The number of ether oxygens (including phenoxy) is 1. The lowest BCUT2D eigenvalue weighted by Crippen LogP contribution is -2.40. The first-order chi connectivity index (χ1) is 9.25. The summed E-state index contributed by atoms with van der Waals surface area (Å²) in [7, 11) is 1.98. The van der Waals surface area contributed by atoms with Crippen molar-refractivity contribution in [2.75, 3.05) is 13.1 Å². The van der Waals surface area contributed by atoms with Crippen LogP contribution in [0.3, 0.4) is 0 Å². The molecule has 1 saturated heterocycles. The number of hydrogen-bond donors (Lipinski definition) is 1. The van der Waals surface area contributed by atoms with Crippen molar-refractivity contribution in [3.8, 4) is 0 Å². The Morgan fingerprint density at radius 1 is 1.42 bits per heavy atom. The van der Waals surface area contributed by atoms with Gasteiger partial charge in [-0.15, -0.1) is 0 Å².